The lowest BCUT2D eigenvalue weighted by molar-refractivity contribution is -0.116. The summed E-state index contributed by atoms with van der Waals surface area (Å²) in [6.07, 6.45) is 7.27. The van der Waals surface area contributed by atoms with Crippen molar-refractivity contribution in [3.63, 3.8) is 0 Å². The Balaban J connectivity index is 1.76. The predicted molar refractivity (Wildman–Crippen MR) is 84.0 cm³/mol. The smallest absolute Gasteiger partial charge is 0.244 e. The van der Waals surface area contributed by atoms with E-state index in [1.54, 1.807) is 12.2 Å². The molecule has 2 rings (SSSR count). The van der Waals surface area contributed by atoms with Crippen molar-refractivity contribution in [3.8, 4) is 0 Å². The summed E-state index contributed by atoms with van der Waals surface area (Å²) in [7, 11) is 0. The largest absolute Gasteiger partial charge is 0.349 e. The predicted octanol–water partition coefficient (Wildman–Crippen LogP) is 3.53. The van der Waals surface area contributed by atoms with Crippen LogP contribution in [0.1, 0.15) is 11.1 Å². The molecule has 0 aliphatic rings. The fraction of sp³-hybridized carbons (Fsp3) is 0.0556. The SMILES string of the molecule is O=C(/C=C\c1ccccc1)NC/C=C/c1ccccc1. The number of hydrogen-bond acceptors (Lipinski definition) is 1. The van der Waals surface area contributed by atoms with Crippen LogP contribution in [0.25, 0.3) is 12.2 Å². The Morgan fingerprint density at radius 3 is 2.00 bits per heavy atom. The number of benzene rings is 2. The summed E-state index contributed by atoms with van der Waals surface area (Å²) >= 11 is 0. The molecule has 0 bridgehead atoms. The molecular formula is C18H17NO. The molecule has 0 saturated carbocycles. The second-order valence-electron chi connectivity index (χ2n) is 4.30. The van der Waals surface area contributed by atoms with E-state index in [0.29, 0.717) is 6.54 Å². The third kappa shape index (κ3) is 4.94. The van der Waals surface area contributed by atoms with E-state index in [2.05, 4.69) is 5.32 Å². The molecule has 20 heavy (non-hydrogen) atoms. The van der Waals surface area contributed by atoms with Crippen LogP contribution >= 0.6 is 0 Å². The highest BCUT2D eigenvalue weighted by Gasteiger charge is 1.92. The fourth-order valence-electron chi connectivity index (χ4n) is 1.71. The van der Waals surface area contributed by atoms with Crippen molar-refractivity contribution in [2.24, 2.45) is 0 Å². The fourth-order valence-corrected chi connectivity index (χ4v) is 1.71. The normalized spacial score (nSPS) is 11.0. The van der Waals surface area contributed by atoms with Gasteiger partial charge in [0.25, 0.3) is 0 Å². The van der Waals surface area contributed by atoms with Gasteiger partial charge in [0.05, 0.1) is 0 Å². The molecule has 0 spiro atoms. The number of rotatable bonds is 5. The van der Waals surface area contributed by atoms with Crippen molar-refractivity contribution in [2.45, 2.75) is 0 Å². The molecule has 0 aromatic heterocycles. The highest BCUT2D eigenvalue weighted by atomic mass is 16.1. The molecule has 0 aliphatic heterocycles. The van der Waals surface area contributed by atoms with E-state index in [9.17, 15) is 4.79 Å². The number of carbonyl (C=O) groups is 1. The molecular weight excluding hydrogens is 246 g/mol. The Labute approximate surface area is 119 Å². The Kier molecular flexibility index (Phi) is 5.35. The average Bonchev–Trinajstić information content (AvgIpc) is 2.52. The maximum atomic E-state index is 11.6. The van der Waals surface area contributed by atoms with E-state index in [0.717, 1.165) is 11.1 Å². The summed E-state index contributed by atoms with van der Waals surface area (Å²) in [6.45, 7) is 0.521. The van der Waals surface area contributed by atoms with Gasteiger partial charge in [-0.05, 0) is 17.2 Å². The van der Waals surface area contributed by atoms with Crippen LogP contribution in [0.4, 0.5) is 0 Å². The minimum Gasteiger partial charge on any atom is -0.349 e. The van der Waals surface area contributed by atoms with Crippen LogP contribution in [0.5, 0.6) is 0 Å². The molecule has 2 heteroatoms. The first-order valence-electron chi connectivity index (χ1n) is 6.57. The van der Waals surface area contributed by atoms with E-state index in [-0.39, 0.29) is 5.91 Å². The van der Waals surface area contributed by atoms with Crippen molar-refractivity contribution < 1.29 is 4.79 Å². The lowest BCUT2D eigenvalue weighted by Crippen LogP contribution is -2.20. The Morgan fingerprint density at radius 2 is 1.40 bits per heavy atom. The Morgan fingerprint density at radius 1 is 0.850 bits per heavy atom. The molecule has 1 N–H and O–H groups in total. The third-order valence-corrected chi connectivity index (χ3v) is 2.73. The van der Waals surface area contributed by atoms with E-state index in [1.165, 1.54) is 0 Å². The average molecular weight is 263 g/mol. The molecule has 0 atom stereocenters. The van der Waals surface area contributed by atoms with Gasteiger partial charge in [0, 0.05) is 12.6 Å². The molecule has 0 heterocycles. The van der Waals surface area contributed by atoms with Crippen molar-refractivity contribution in [1.82, 2.24) is 5.32 Å². The maximum Gasteiger partial charge on any atom is 0.244 e. The van der Waals surface area contributed by atoms with E-state index >= 15 is 0 Å². The Hall–Kier alpha value is -2.61. The number of nitrogens with one attached hydrogen (secondary N) is 1. The van der Waals surface area contributed by atoms with Gasteiger partial charge in [-0.15, -0.1) is 0 Å². The van der Waals surface area contributed by atoms with Crippen LogP contribution in [0.15, 0.2) is 72.8 Å². The molecule has 100 valence electrons. The zero-order chi connectivity index (χ0) is 14.0. The number of carbonyl (C=O) groups excluding carboxylic acids is 1. The van der Waals surface area contributed by atoms with Crippen LogP contribution in [-0.4, -0.2) is 12.5 Å². The molecule has 0 saturated heterocycles. The second-order valence-corrected chi connectivity index (χ2v) is 4.30. The van der Waals surface area contributed by atoms with Crippen molar-refractivity contribution in [2.75, 3.05) is 6.54 Å². The molecule has 1 amide bonds. The first kappa shape index (κ1) is 13.8. The highest BCUT2D eigenvalue weighted by Crippen LogP contribution is 2.01. The summed E-state index contributed by atoms with van der Waals surface area (Å²) in [4.78, 5) is 11.6. The van der Waals surface area contributed by atoms with Gasteiger partial charge >= 0.3 is 0 Å². The van der Waals surface area contributed by atoms with Gasteiger partial charge in [0.1, 0.15) is 0 Å². The van der Waals surface area contributed by atoms with Crippen LogP contribution < -0.4 is 5.32 Å². The zero-order valence-electron chi connectivity index (χ0n) is 11.2. The van der Waals surface area contributed by atoms with Crippen molar-refractivity contribution in [3.05, 3.63) is 83.9 Å². The minimum atomic E-state index is -0.0911. The first-order valence-corrected chi connectivity index (χ1v) is 6.57. The molecule has 0 fully saturated rings. The standard InChI is InChI=1S/C18H17NO/c20-18(14-13-17-10-5-2-6-11-17)19-15-7-12-16-8-3-1-4-9-16/h1-14H,15H2,(H,19,20)/b12-7+,14-13-. The lowest BCUT2D eigenvalue weighted by Gasteiger charge is -1.97. The molecule has 2 aromatic carbocycles. The van der Waals surface area contributed by atoms with Gasteiger partial charge in [0.15, 0.2) is 0 Å². The monoisotopic (exact) mass is 263 g/mol. The molecule has 0 aliphatic carbocycles. The number of amides is 1. The Bertz CT molecular complexity index is 585. The number of hydrogen-bond donors (Lipinski definition) is 1. The van der Waals surface area contributed by atoms with Gasteiger partial charge in [-0.3, -0.25) is 4.79 Å². The van der Waals surface area contributed by atoms with Gasteiger partial charge in [-0.2, -0.15) is 0 Å². The van der Waals surface area contributed by atoms with E-state index in [1.807, 2.05) is 72.8 Å². The second kappa shape index (κ2) is 7.74. The quantitative estimate of drug-likeness (QED) is 0.821. The van der Waals surface area contributed by atoms with Crippen LogP contribution in [0.2, 0.25) is 0 Å². The van der Waals surface area contributed by atoms with E-state index < -0.39 is 0 Å². The van der Waals surface area contributed by atoms with Gasteiger partial charge in [-0.1, -0.05) is 72.8 Å². The first-order chi connectivity index (χ1) is 9.84. The molecule has 2 aromatic rings. The summed E-state index contributed by atoms with van der Waals surface area (Å²) in [5, 5.41) is 2.81. The maximum absolute atomic E-state index is 11.6. The van der Waals surface area contributed by atoms with Crippen molar-refractivity contribution >= 4 is 18.1 Å². The highest BCUT2D eigenvalue weighted by molar-refractivity contribution is 5.91. The molecule has 0 radical (unpaired) electrons. The zero-order valence-corrected chi connectivity index (χ0v) is 11.2. The summed E-state index contributed by atoms with van der Waals surface area (Å²) in [6, 6.07) is 19.8. The van der Waals surface area contributed by atoms with Gasteiger partial charge < -0.3 is 5.32 Å². The van der Waals surface area contributed by atoms with E-state index in [4.69, 9.17) is 0 Å². The summed E-state index contributed by atoms with van der Waals surface area (Å²) in [5.41, 5.74) is 2.14. The molecule has 2 nitrogen and oxygen atoms in total. The molecule has 0 unspecified atom stereocenters. The third-order valence-electron chi connectivity index (χ3n) is 2.73. The van der Waals surface area contributed by atoms with Gasteiger partial charge in [-0.25, -0.2) is 0 Å². The lowest BCUT2D eigenvalue weighted by atomic mass is 10.2. The summed E-state index contributed by atoms with van der Waals surface area (Å²) in [5.74, 6) is -0.0911. The van der Waals surface area contributed by atoms with Crippen LogP contribution in [-0.2, 0) is 4.79 Å². The van der Waals surface area contributed by atoms with Crippen LogP contribution in [0, 0.1) is 0 Å². The van der Waals surface area contributed by atoms with Crippen molar-refractivity contribution in [1.29, 1.82) is 0 Å². The van der Waals surface area contributed by atoms with Crippen LogP contribution in [0.3, 0.4) is 0 Å². The summed E-state index contributed by atoms with van der Waals surface area (Å²) < 4.78 is 0. The minimum absolute atomic E-state index is 0.0911. The topological polar surface area (TPSA) is 29.1 Å². The van der Waals surface area contributed by atoms with Gasteiger partial charge in [0.2, 0.25) is 5.91 Å².